The minimum atomic E-state index is -4.41. The van der Waals surface area contributed by atoms with E-state index < -0.39 is 18.8 Å². The molecule has 106 valence electrons. The number of hydrogen-bond donors (Lipinski definition) is 1. The number of hydrogen-bond acceptors (Lipinski definition) is 3. The van der Waals surface area contributed by atoms with Gasteiger partial charge in [0.1, 0.15) is 18.8 Å². The fourth-order valence-electron chi connectivity index (χ4n) is 1.21. The molecule has 1 aromatic carbocycles. The Balaban J connectivity index is 2.52. The normalized spacial score (nSPS) is 11.4. The van der Waals surface area contributed by atoms with E-state index in [0.717, 1.165) is 0 Å². The highest BCUT2D eigenvalue weighted by Gasteiger charge is 2.27. The summed E-state index contributed by atoms with van der Waals surface area (Å²) in [5, 5.41) is 8.95. The molecular weight excluding hydrogens is 289 g/mol. The Morgan fingerprint density at radius 2 is 2.00 bits per heavy atom. The van der Waals surface area contributed by atoms with Crippen molar-refractivity contribution < 1.29 is 32.5 Å². The van der Waals surface area contributed by atoms with Crippen LogP contribution in [0.4, 0.5) is 13.2 Å². The molecule has 1 N–H and O–H groups in total. The van der Waals surface area contributed by atoms with Crippen molar-refractivity contribution in [3.63, 3.8) is 0 Å². The van der Waals surface area contributed by atoms with E-state index in [9.17, 15) is 18.0 Å². The fraction of sp³-hybridized carbons (Fsp3) is 0.364. The first kappa shape index (κ1) is 15.6. The van der Waals surface area contributed by atoms with E-state index in [0.29, 0.717) is 0 Å². The third-order valence-corrected chi connectivity index (χ3v) is 2.23. The van der Waals surface area contributed by atoms with Crippen molar-refractivity contribution >= 4 is 17.6 Å². The van der Waals surface area contributed by atoms with Crippen molar-refractivity contribution in [3.05, 3.63) is 28.8 Å². The molecule has 4 nitrogen and oxygen atoms in total. The second-order valence-corrected chi connectivity index (χ2v) is 3.85. The van der Waals surface area contributed by atoms with Crippen LogP contribution in [0, 0.1) is 0 Å². The van der Waals surface area contributed by atoms with Gasteiger partial charge in [0.05, 0.1) is 11.6 Å². The van der Waals surface area contributed by atoms with Gasteiger partial charge in [-0.1, -0.05) is 17.7 Å². The first-order chi connectivity index (χ1) is 8.81. The summed E-state index contributed by atoms with van der Waals surface area (Å²) >= 11 is 5.75. The predicted octanol–water partition coefficient (Wildman–Crippen LogP) is 3.00. The molecule has 8 heteroatoms. The zero-order valence-corrected chi connectivity index (χ0v) is 10.3. The summed E-state index contributed by atoms with van der Waals surface area (Å²) in [5.41, 5.74) is -0.164. The quantitative estimate of drug-likeness (QED) is 0.820. The van der Waals surface area contributed by atoms with Gasteiger partial charge in [-0.25, -0.2) is 4.79 Å². The van der Waals surface area contributed by atoms with Crippen molar-refractivity contribution in [1.82, 2.24) is 0 Å². The molecule has 0 bridgehead atoms. The van der Waals surface area contributed by atoms with Gasteiger partial charge in [-0.15, -0.1) is 0 Å². The number of carboxylic acids is 1. The maximum atomic E-state index is 11.8. The van der Waals surface area contributed by atoms with Gasteiger partial charge in [0.15, 0.2) is 5.75 Å². The zero-order valence-electron chi connectivity index (χ0n) is 9.54. The van der Waals surface area contributed by atoms with Gasteiger partial charge in [-0.3, -0.25) is 0 Å². The number of para-hydroxylation sites is 1. The van der Waals surface area contributed by atoms with Crippen molar-refractivity contribution in [2.75, 3.05) is 19.8 Å². The zero-order chi connectivity index (χ0) is 14.5. The van der Waals surface area contributed by atoms with E-state index in [2.05, 4.69) is 4.74 Å². The summed E-state index contributed by atoms with van der Waals surface area (Å²) in [6.07, 6.45) is -4.41. The lowest BCUT2D eigenvalue weighted by molar-refractivity contribution is -0.175. The molecule has 0 heterocycles. The lowest BCUT2D eigenvalue weighted by Crippen LogP contribution is -2.19. The largest absolute Gasteiger partial charge is 0.489 e. The molecule has 0 aliphatic heterocycles. The highest BCUT2D eigenvalue weighted by molar-refractivity contribution is 6.32. The lowest BCUT2D eigenvalue weighted by atomic mass is 10.2. The van der Waals surface area contributed by atoms with Crippen LogP contribution in [0.25, 0.3) is 0 Å². The Kier molecular flexibility index (Phi) is 5.44. The van der Waals surface area contributed by atoms with E-state index >= 15 is 0 Å². The number of carboxylic acid groups (broad SMARTS) is 1. The van der Waals surface area contributed by atoms with Gasteiger partial charge < -0.3 is 14.6 Å². The SMILES string of the molecule is O=C(O)c1cccc(Cl)c1OCCOCC(F)(F)F. The molecule has 0 aromatic heterocycles. The molecule has 0 saturated heterocycles. The number of rotatable bonds is 6. The minimum absolute atomic E-state index is 0.0655. The summed E-state index contributed by atoms with van der Waals surface area (Å²) in [5.74, 6) is -1.33. The number of aromatic carboxylic acids is 1. The molecule has 0 radical (unpaired) electrons. The number of carbonyl (C=O) groups is 1. The van der Waals surface area contributed by atoms with E-state index in [-0.39, 0.29) is 29.5 Å². The highest BCUT2D eigenvalue weighted by atomic mass is 35.5. The Bertz CT molecular complexity index is 448. The molecule has 0 saturated carbocycles. The number of halogens is 4. The van der Waals surface area contributed by atoms with Crippen LogP contribution >= 0.6 is 11.6 Å². The van der Waals surface area contributed by atoms with E-state index in [1.807, 2.05) is 0 Å². The minimum Gasteiger partial charge on any atom is -0.489 e. The van der Waals surface area contributed by atoms with Crippen LogP contribution in [-0.2, 0) is 4.74 Å². The molecule has 0 aliphatic carbocycles. The highest BCUT2D eigenvalue weighted by Crippen LogP contribution is 2.28. The van der Waals surface area contributed by atoms with Gasteiger partial charge in [-0.2, -0.15) is 13.2 Å². The summed E-state index contributed by atoms with van der Waals surface area (Å²) in [6.45, 7) is -1.95. The van der Waals surface area contributed by atoms with Crippen LogP contribution in [0.3, 0.4) is 0 Å². The topological polar surface area (TPSA) is 55.8 Å². The molecular formula is C11H10ClF3O4. The average molecular weight is 299 g/mol. The second kappa shape index (κ2) is 6.63. The first-order valence-corrected chi connectivity index (χ1v) is 5.48. The summed E-state index contributed by atoms with van der Waals surface area (Å²) in [4.78, 5) is 10.9. The molecule has 1 rings (SSSR count). The monoisotopic (exact) mass is 298 g/mol. The lowest BCUT2D eigenvalue weighted by Gasteiger charge is -2.11. The van der Waals surface area contributed by atoms with Crippen LogP contribution in [0.5, 0.6) is 5.75 Å². The summed E-state index contributed by atoms with van der Waals surface area (Å²) < 4.78 is 44.7. The predicted molar refractivity (Wildman–Crippen MR) is 60.8 cm³/mol. The van der Waals surface area contributed by atoms with Crippen LogP contribution in [0.2, 0.25) is 5.02 Å². The van der Waals surface area contributed by atoms with Crippen molar-refractivity contribution in [2.45, 2.75) is 6.18 Å². The molecule has 1 aromatic rings. The van der Waals surface area contributed by atoms with Crippen molar-refractivity contribution in [3.8, 4) is 5.75 Å². The van der Waals surface area contributed by atoms with Gasteiger partial charge in [0, 0.05) is 0 Å². The van der Waals surface area contributed by atoms with E-state index in [1.165, 1.54) is 18.2 Å². The molecule has 0 aliphatic rings. The Morgan fingerprint density at radius 3 is 2.58 bits per heavy atom. The Labute approximate surface area is 111 Å². The molecule has 0 amide bonds. The maximum Gasteiger partial charge on any atom is 0.411 e. The fourth-order valence-corrected chi connectivity index (χ4v) is 1.44. The van der Waals surface area contributed by atoms with Crippen LogP contribution in [0.1, 0.15) is 10.4 Å². The van der Waals surface area contributed by atoms with Crippen molar-refractivity contribution in [1.29, 1.82) is 0 Å². The van der Waals surface area contributed by atoms with Crippen LogP contribution in [-0.4, -0.2) is 37.1 Å². The smallest absolute Gasteiger partial charge is 0.411 e. The summed E-state index contributed by atoms with van der Waals surface area (Å²) in [7, 11) is 0. The average Bonchev–Trinajstić information content (AvgIpc) is 2.28. The number of alkyl halides is 3. The van der Waals surface area contributed by atoms with Crippen molar-refractivity contribution in [2.24, 2.45) is 0 Å². The standard InChI is InChI=1S/C11H10ClF3O4/c12-8-3-1-2-7(10(16)17)9(8)19-5-4-18-6-11(13,14)15/h1-3H,4-6H2,(H,16,17). The van der Waals surface area contributed by atoms with Crippen LogP contribution < -0.4 is 4.74 Å². The third kappa shape index (κ3) is 5.35. The molecule has 0 unspecified atom stereocenters. The molecule has 0 fully saturated rings. The molecule has 19 heavy (non-hydrogen) atoms. The maximum absolute atomic E-state index is 11.8. The van der Waals surface area contributed by atoms with Gasteiger partial charge >= 0.3 is 12.1 Å². The molecule has 0 spiro atoms. The second-order valence-electron chi connectivity index (χ2n) is 3.44. The van der Waals surface area contributed by atoms with Crippen LogP contribution in [0.15, 0.2) is 18.2 Å². The van der Waals surface area contributed by atoms with Gasteiger partial charge in [-0.05, 0) is 12.1 Å². The first-order valence-electron chi connectivity index (χ1n) is 5.10. The van der Waals surface area contributed by atoms with E-state index in [1.54, 1.807) is 0 Å². The molecule has 0 atom stereocenters. The summed E-state index contributed by atoms with van der Waals surface area (Å²) in [6, 6.07) is 4.12. The Hall–Kier alpha value is -1.47. The third-order valence-electron chi connectivity index (χ3n) is 1.94. The number of ether oxygens (including phenoxy) is 2. The van der Waals surface area contributed by atoms with Gasteiger partial charge in [0.2, 0.25) is 0 Å². The number of benzene rings is 1. The van der Waals surface area contributed by atoms with E-state index in [4.69, 9.17) is 21.4 Å². The Morgan fingerprint density at radius 1 is 1.32 bits per heavy atom. The van der Waals surface area contributed by atoms with Gasteiger partial charge in [0.25, 0.3) is 0 Å².